The van der Waals surface area contributed by atoms with E-state index in [1.807, 2.05) is 6.92 Å². The van der Waals surface area contributed by atoms with Crippen LogP contribution in [0.3, 0.4) is 0 Å². The van der Waals surface area contributed by atoms with Gasteiger partial charge < -0.3 is 5.32 Å². The summed E-state index contributed by atoms with van der Waals surface area (Å²) in [5.74, 6) is 0. The fourth-order valence-electron chi connectivity index (χ4n) is 3.13. The van der Waals surface area contributed by atoms with E-state index in [1.165, 1.54) is 9.13 Å². The maximum absolute atomic E-state index is 12.7. The van der Waals surface area contributed by atoms with E-state index in [1.54, 1.807) is 32.3 Å². The largest absolute Gasteiger partial charge is 0.328 e. The average Bonchev–Trinajstić information content (AvgIpc) is 2.74. The Bertz CT molecular complexity index is 897. The van der Waals surface area contributed by atoms with Crippen molar-refractivity contribution in [2.24, 2.45) is 14.1 Å². The van der Waals surface area contributed by atoms with Crippen LogP contribution in [0.1, 0.15) is 19.8 Å². The molecule has 0 bridgehead atoms. The molecule has 8 heteroatoms. The number of benzene rings is 1. The van der Waals surface area contributed by atoms with Gasteiger partial charge in [-0.3, -0.25) is 9.13 Å². The molecule has 7 nitrogen and oxygen atoms in total. The van der Waals surface area contributed by atoms with Crippen molar-refractivity contribution in [3.8, 4) is 0 Å². The molecule has 2 aromatic rings. The number of aromatic nitrogens is 2. The Morgan fingerprint density at radius 3 is 2.61 bits per heavy atom. The second-order valence-electron chi connectivity index (χ2n) is 6.16. The van der Waals surface area contributed by atoms with Gasteiger partial charge in [0.2, 0.25) is 10.0 Å². The van der Waals surface area contributed by atoms with Crippen LogP contribution in [-0.4, -0.2) is 36.2 Å². The van der Waals surface area contributed by atoms with Crippen LogP contribution < -0.4 is 15.7 Å². The third-order valence-electron chi connectivity index (χ3n) is 4.62. The number of aryl methyl sites for hydroxylation is 2. The summed E-state index contributed by atoms with van der Waals surface area (Å²) in [4.78, 5) is 12.1. The number of nitrogens with one attached hydrogen (secondary N) is 2. The van der Waals surface area contributed by atoms with E-state index in [9.17, 15) is 13.2 Å². The molecule has 1 fully saturated rings. The molecule has 0 amide bonds. The standard InChI is InChI=1S/C15H22N4O3S/c1-10-12(5-4-8-16-10)17-23(21,22)11-6-7-13-14(9-11)19(3)15(20)18(13)2/h6-7,9-10,12,16-17H,4-5,8H2,1-3H3. The molecule has 2 heterocycles. The zero-order chi connectivity index (χ0) is 16.8. The Labute approximate surface area is 135 Å². The van der Waals surface area contributed by atoms with E-state index < -0.39 is 10.0 Å². The molecule has 126 valence electrons. The maximum Gasteiger partial charge on any atom is 0.328 e. The predicted molar refractivity (Wildman–Crippen MR) is 89.0 cm³/mol. The summed E-state index contributed by atoms with van der Waals surface area (Å²) in [6, 6.07) is 4.76. The van der Waals surface area contributed by atoms with E-state index in [4.69, 9.17) is 0 Å². The van der Waals surface area contributed by atoms with Crippen LogP contribution in [0.5, 0.6) is 0 Å². The number of nitrogens with zero attached hydrogens (tertiary/aromatic N) is 2. The second kappa shape index (κ2) is 5.77. The first kappa shape index (κ1) is 16.2. The van der Waals surface area contributed by atoms with Gasteiger partial charge in [0.1, 0.15) is 0 Å². The van der Waals surface area contributed by atoms with E-state index >= 15 is 0 Å². The first-order chi connectivity index (χ1) is 10.8. The Hall–Kier alpha value is -1.64. The molecule has 3 rings (SSSR count). The van der Waals surface area contributed by atoms with Gasteiger partial charge >= 0.3 is 5.69 Å². The first-order valence-electron chi connectivity index (χ1n) is 7.72. The van der Waals surface area contributed by atoms with Crippen molar-refractivity contribution in [1.29, 1.82) is 0 Å². The quantitative estimate of drug-likeness (QED) is 0.843. The average molecular weight is 338 g/mol. The summed E-state index contributed by atoms with van der Waals surface area (Å²) in [6.45, 7) is 2.90. The molecule has 1 aromatic carbocycles. The Morgan fingerprint density at radius 2 is 1.91 bits per heavy atom. The van der Waals surface area contributed by atoms with Crippen LogP contribution in [0, 0.1) is 0 Å². The molecule has 2 N–H and O–H groups in total. The molecule has 23 heavy (non-hydrogen) atoms. The van der Waals surface area contributed by atoms with Gasteiger partial charge in [-0.15, -0.1) is 0 Å². The van der Waals surface area contributed by atoms with Crippen molar-refractivity contribution in [1.82, 2.24) is 19.2 Å². The number of piperidine rings is 1. The topological polar surface area (TPSA) is 85.1 Å². The minimum Gasteiger partial charge on any atom is -0.313 e. The van der Waals surface area contributed by atoms with Crippen LogP contribution in [0.15, 0.2) is 27.9 Å². The number of hydrogen-bond donors (Lipinski definition) is 2. The minimum atomic E-state index is -3.62. The molecule has 0 aliphatic carbocycles. The third kappa shape index (κ3) is 2.82. The van der Waals surface area contributed by atoms with Gasteiger partial charge in [-0.1, -0.05) is 0 Å². The highest BCUT2D eigenvalue weighted by molar-refractivity contribution is 7.89. The lowest BCUT2D eigenvalue weighted by molar-refractivity contribution is 0.349. The number of rotatable bonds is 3. The normalized spacial score (nSPS) is 22.6. The molecule has 0 saturated carbocycles. The molecule has 2 unspecified atom stereocenters. The summed E-state index contributed by atoms with van der Waals surface area (Å²) in [6.07, 6.45) is 1.77. The fraction of sp³-hybridized carbons (Fsp3) is 0.533. The van der Waals surface area contributed by atoms with Gasteiger partial charge in [0.05, 0.1) is 15.9 Å². The third-order valence-corrected chi connectivity index (χ3v) is 6.11. The van der Waals surface area contributed by atoms with Gasteiger partial charge in [-0.25, -0.2) is 17.9 Å². The van der Waals surface area contributed by atoms with Crippen molar-refractivity contribution >= 4 is 21.1 Å². The Morgan fingerprint density at radius 1 is 1.22 bits per heavy atom. The summed E-state index contributed by atoms with van der Waals surface area (Å²) < 4.78 is 31.1. The Kier molecular flexibility index (Phi) is 4.07. The number of hydrogen-bond acceptors (Lipinski definition) is 4. The van der Waals surface area contributed by atoms with Crippen LogP contribution in [0.25, 0.3) is 11.0 Å². The van der Waals surface area contributed by atoms with Crippen molar-refractivity contribution in [2.75, 3.05) is 6.54 Å². The minimum absolute atomic E-state index is 0.100. The van der Waals surface area contributed by atoms with E-state index in [0.717, 1.165) is 19.4 Å². The van der Waals surface area contributed by atoms with Crippen molar-refractivity contribution < 1.29 is 8.42 Å². The number of fused-ring (bicyclic) bond motifs is 1. The van der Waals surface area contributed by atoms with E-state index in [0.29, 0.717) is 11.0 Å². The van der Waals surface area contributed by atoms with Crippen LogP contribution in [-0.2, 0) is 24.1 Å². The van der Waals surface area contributed by atoms with Crippen molar-refractivity contribution in [3.63, 3.8) is 0 Å². The zero-order valence-electron chi connectivity index (χ0n) is 13.5. The zero-order valence-corrected chi connectivity index (χ0v) is 14.4. The second-order valence-corrected chi connectivity index (χ2v) is 7.88. The molecule has 1 aliphatic heterocycles. The summed E-state index contributed by atoms with van der Waals surface area (Å²) in [5, 5.41) is 3.28. The molecule has 2 atom stereocenters. The highest BCUT2D eigenvalue weighted by Crippen LogP contribution is 2.19. The molecular weight excluding hydrogens is 316 g/mol. The molecule has 0 spiro atoms. The number of imidazole rings is 1. The molecule has 1 aliphatic rings. The summed E-state index contributed by atoms with van der Waals surface area (Å²) in [5.41, 5.74) is 1.15. The number of sulfonamides is 1. The molecule has 1 aromatic heterocycles. The highest BCUT2D eigenvalue weighted by Gasteiger charge is 2.27. The molecule has 1 saturated heterocycles. The summed E-state index contributed by atoms with van der Waals surface area (Å²) in [7, 11) is -0.306. The van der Waals surface area contributed by atoms with Gasteiger partial charge in [0, 0.05) is 26.2 Å². The first-order valence-corrected chi connectivity index (χ1v) is 9.21. The highest BCUT2D eigenvalue weighted by atomic mass is 32.2. The van der Waals surface area contributed by atoms with Gasteiger partial charge in [0.15, 0.2) is 0 Å². The van der Waals surface area contributed by atoms with Gasteiger partial charge in [0.25, 0.3) is 0 Å². The maximum atomic E-state index is 12.7. The van der Waals surface area contributed by atoms with Gasteiger partial charge in [-0.05, 0) is 44.5 Å². The van der Waals surface area contributed by atoms with Crippen LogP contribution in [0.2, 0.25) is 0 Å². The van der Waals surface area contributed by atoms with Crippen molar-refractivity contribution in [3.05, 3.63) is 28.7 Å². The SMILES string of the molecule is CC1NCCCC1NS(=O)(=O)c1ccc2c(c1)n(C)c(=O)n2C. The lowest BCUT2D eigenvalue weighted by Gasteiger charge is -2.30. The lowest BCUT2D eigenvalue weighted by atomic mass is 10.0. The summed E-state index contributed by atoms with van der Waals surface area (Å²) >= 11 is 0. The lowest BCUT2D eigenvalue weighted by Crippen LogP contribution is -2.51. The van der Waals surface area contributed by atoms with Crippen molar-refractivity contribution in [2.45, 2.75) is 36.7 Å². The fourth-order valence-corrected chi connectivity index (χ4v) is 4.50. The van der Waals surface area contributed by atoms with Crippen LogP contribution >= 0.6 is 0 Å². The van der Waals surface area contributed by atoms with Crippen LogP contribution in [0.4, 0.5) is 0 Å². The molecule has 0 radical (unpaired) electrons. The smallest absolute Gasteiger partial charge is 0.313 e. The monoisotopic (exact) mass is 338 g/mol. The van der Waals surface area contributed by atoms with E-state index in [2.05, 4.69) is 10.0 Å². The molecular formula is C15H22N4O3S. The predicted octanol–water partition coefficient (Wildman–Crippen LogP) is 0.296. The van der Waals surface area contributed by atoms with Gasteiger partial charge in [-0.2, -0.15) is 0 Å². The van der Waals surface area contributed by atoms with E-state index in [-0.39, 0.29) is 22.7 Å². The Balaban J connectivity index is 1.98.